The normalized spacial score (nSPS) is 13.1. The molecule has 3 aromatic rings. The molecular formula is C37H60O7Si4. The molecule has 0 heterocycles. The predicted octanol–water partition coefficient (Wildman–Crippen LogP) is 3.32. The summed E-state index contributed by atoms with van der Waals surface area (Å²) in [6.07, 6.45) is 10.8. The second kappa shape index (κ2) is 22.1. The van der Waals surface area contributed by atoms with Crippen molar-refractivity contribution in [3.8, 4) is 34.5 Å². The zero-order valence-corrected chi connectivity index (χ0v) is 36.9. The van der Waals surface area contributed by atoms with Crippen molar-refractivity contribution < 1.29 is 32.8 Å². The maximum atomic E-state index is 6.60. The third-order valence-electron chi connectivity index (χ3n) is 9.62. The van der Waals surface area contributed by atoms with Crippen molar-refractivity contribution in [2.45, 2.75) is 81.5 Å². The molecule has 0 spiro atoms. The Kier molecular flexibility index (Phi) is 18.3. The number of ether oxygens (including phenoxy) is 6. The molecule has 0 unspecified atom stereocenters. The lowest BCUT2D eigenvalue weighted by Gasteiger charge is -2.34. The van der Waals surface area contributed by atoms with E-state index in [1.54, 1.807) is 42.7 Å². The van der Waals surface area contributed by atoms with Crippen LogP contribution >= 0.6 is 0 Å². The van der Waals surface area contributed by atoms with Crippen molar-refractivity contribution in [2.75, 3.05) is 42.7 Å². The van der Waals surface area contributed by atoms with Crippen molar-refractivity contribution >= 4 is 54.6 Å². The van der Waals surface area contributed by atoms with Gasteiger partial charge in [-0.25, -0.2) is 0 Å². The topological polar surface area (TPSA) is 64.6 Å². The van der Waals surface area contributed by atoms with Gasteiger partial charge in [0.05, 0.1) is 76.8 Å². The average Bonchev–Trinajstić information content (AvgIpc) is 3.13. The molecule has 11 heteroatoms. The van der Waals surface area contributed by atoms with Gasteiger partial charge in [-0.1, -0.05) is 93.1 Å². The first-order valence-corrected chi connectivity index (χ1v) is 23.6. The molecule has 0 aromatic heterocycles. The van der Waals surface area contributed by atoms with Crippen LogP contribution in [0.1, 0.15) is 57.8 Å². The quantitative estimate of drug-likeness (QED) is 0.0981. The zero-order valence-electron chi connectivity index (χ0n) is 30.7. The van der Waals surface area contributed by atoms with E-state index in [1.807, 2.05) is 18.2 Å². The van der Waals surface area contributed by atoms with Gasteiger partial charge in [0.15, 0.2) is 34.5 Å². The van der Waals surface area contributed by atoms with Gasteiger partial charge in [-0.05, 0) is 53.0 Å². The maximum absolute atomic E-state index is 6.60. The fraction of sp³-hybridized carbons (Fsp3) is 0.514. The zero-order chi connectivity index (χ0) is 34.6. The highest BCUT2D eigenvalue weighted by atomic mass is 28.2. The van der Waals surface area contributed by atoms with E-state index in [4.69, 9.17) is 32.8 Å². The minimum atomic E-state index is -0.436. The Balaban J connectivity index is 1.56. The third kappa shape index (κ3) is 11.7. The highest BCUT2D eigenvalue weighted by molar-refractivity contribution is 6.55. The van der Waals surface area contributed by atoms with E-state index >= 15 is 0 Å². The van der Waals surface area contributed by atoms with Crippen molar-refractivity contribution in [3.05, 3.63) is 54.6 Å². The molecule has 0 saturated carbocycles. The SMILES string of the molecule is COc1cccc([SiH2]CCCCC(CCCC[SiH2]c2cccc(OC)c2OC)(CCCC[SiH2]c2cccc(OC)c2OC)O[SiH3])c1OC. The van der Waals surface area contributed by atoms with Gasteiger partial charge >= 0.3 is 0 Å². The standard InChI is InChI=1S/C37H60O7Si4/c1-38-28-16-13-19-31(34(28)41-4)46-25-10-7-22-37(44-45,23-8-11-26-47-32-20-14-17-29(39-2)35(32)42-5)24-9-12-27-48-33-21-15-18-30(40-3)36(33)43-6/h13-21H,7-12,22-27,46-48H2,1-6,45H3. The number of hydrogen-bond acceptors (Lipinski definition) is 7. The monoisotopic (exact) mass is 728 g/mol. The van der Waals surface area contributed by atoms with Crippen LogP contribution in [-0.2, 0) is 4.43 Å². The second-order valence-electron chi connectivity index (χ2n) is 12.5. The Morgan fingerprint density at radius 3 is 1.02 bits per heavy atom. The van der Waals surface area contributed by atoms with Crippen molar-refractivity contribution in [1.82, 2.24) is 0 Å². The van der Waals surface area contributed by atoms with Crippen LogP contribution in [0.2, 0.25) is 18.1 Å². The lowest BCUT2D eigenvalue weighted by molar-refractivity contribution is 0.0439. The molecule has 7 nitrogen and oxygen atoms in total. The van der Waals surface area contributed by atoms with E-state index in [1.165, 1.54) is 72.2 Å². The average molecular weight is 729 g/mol. The molecule has 3 aromatic carbocycles. The molecule has 0 aliphatic rings. The van der Waals surface area contributed by atoms with Gasteiger partial charge in [0, 0.05) is 0 Å². The van der Waals surface area contributed by atoms with E-state index in [2.05, 4.69) is 36.4 Å². The van der Waals surface area contributed by atoms with E-state index in [9.17, 15) is 0 Å². The van der Waals surface area contributed by atoms with Crippen molar-refractivity contribution in [3.63, 3.8) is 0 Å². The first kappa shape index (κ1) is 39.7. The molecule has 0 fully saturated rings. The van der Waals surface area contributed by atoms with Crippen LogP contribution in [-0.4, -0.2) is 87.3 Å². The molecule has 0 bridgehead atoms. The Bertz CT molecular complexity index is 1200. The fourth-order valence-corrected chi connectivity index (χ4v) is 13.1. The Morgan fingerprint density at radius 2 is 0.771 bits per heavy atom. The third-order valence-corrected chi connectivity index (χ3v) is 16.3. The van der Waals surface area contributed by atoms with E-state index in [-0.39, 0.29) is 5.60 Å². The van der Waals surface area contributed by atoms with Crippen molar-refractivity contribution in [2.24, 2.45) is 0 Å². The van der Waals surface area contributed by atoms with Crippen LogP contribution < -0.4 is 44.0 Å². The van der Waals surface area contributed by atoms with Crippen LogP contribution in [0.15, 0.2) is 54.6 Å². The molecule has 0 N–H and O–H groups in total. The van der Waals surface area contributed by atoms with Crippen LogP contribution in [0.4, 0.5) is 0 Å². The van der Waals surface area contributed by atoms with Gasteiger partial charge in [0.25, 0.3) is 0 Å². The highest BCUT2D eigenvalue weighted by Crippen LogP contribution is 2.32. The summed E-state index contributed by atoms with van der Waals surface area (Å²) < 4.78 is 40.3. The Hall–Kier alpha value is -2.71. The van der Waals surface area contributed by atoms with E-state index in [0.29, 0.717) is 0 Å². The molecule has 0 saturated heterocycles. The van der Waals surface area contributed by atoms with E-state index < -0.39 is 28.6 Å². The molecule has 0 radical (unpaired) electrons. The molecule has 0 amide bonds. The Morgan fingerprint density at radius 1 is 0.458 bits per heavy atom. The number of rotatable bonds is 25. The molecule has 48 heavy (non-hydrogen) atoms. The summed E-state index contributed by atoms with van der Waals surface area (Å²) in [6, 6.07) is 22.7. The minimum Gasteiger partial charge on any atom is -0.493 e. The summed E-state index contributed by atoms with van der Waals surface area (Å²) in [5.41, 5.74) is 0.00581. The first-order valence-electron chi connectivity index (χ1n) is 17.6. The highest BCUT2D eigenvalue weighted by Gasteiger charge is 2.28. The first-order chi connectivity index (χ1) is 23.5. The summed E-state index contributed by atoms with van der Waals surface area (Å²) in [6.45, 7) is 0. The maximum Gasteiger partial charge on any atom is 0.160 e. The summed E-state index contributed by atoms with van der Waals surface area (Å²) >= 11 is 0. The largest absolute Gasteiger partial charge is 0.493 e. The summed E-state index contributed by atoms with van der Waals surface area (Å²) in [5.74, 6) is 5.29. The summed E-state index contributed by atoms with van der Waals surface area (Å²) in [5, 5.41) is 4.07. The van der Waals surface area contributed by atoms with Gasteiger partial charge in [0.2, 0.25) is 0 Å². The fourth-order valence-electron chi connectivity index (χ4n) is 6.95. The number of benzene rings is 3. The number of para-hydroxylation sites is 3. The molecular weight excluding hydrogens is 669 g/mol. The van der Waals surface area contributed by atoms with Crippen molar-refractivity contribution in [1.29, 1.82) is 0 Å². The van der Waals surface area contributed by atoms with Crippen LogP contribution in [0.5, 0.6) is 34.5 Å². The Labute approximate surface area is 299 Å². The molecule has 0 atom stereocenters. The van der Waals surface area contributed by atoms with Gasteiger partial charge in [-0.2, -0.15) is 0 Å². The lowest BCUT2D eigenvalue weighted by Crippen LogP contribution is -2.32. The number of methoxy groups -OCH3 is 6. The number of unbranched alkanes of at least 4 members (excludes halogenated alkanes) is 3. The summed E-state index contributed by atoms with van der Waals surface area (Å²) in [7, 11) is 9.85. The molecule has 0 aliphatic carbocycles. The lowest BCUT2D eigenvalue weighted by atomic mass is 9.86. The van der Waals surface area contributed by atoms with Crippen LogP contribution in [0, 0.1) is 0 Å². The van der Waals surface area contributed by atoms with Crippen LogP contribution in [0.25, 0.3) is 0 Å². The number of hydrogen-bond donors (Lipinski definition) is 0. The molecule has 266 valence electrons. The second-order valence-corrected chi connectivity index (χ2v) is 18.8. The minimum absolute atomic E-state index is 0.00581. The predicted molar refractivity (Wildman–Crippen MR) is 213 cm³/mol. The van der Waals surface area contributed by atoms with Gasteiger partial charge < -0.3 is 32.8 Å². The van der Waals surface area contributed by atoms with E-state index in [0.717, 1.165) is 64.2 Å². The van der Waals surface area contributed by atoms with Gasteiger partial charge in [0.1, 0.15) is 10.5 Å². The summed E-state index contributed by atoms with van der Waals surface area (Å²) in [4.78, 5) is 0. The van der Waals surface area contributed by atoms with Gasteiger partial charge in [-0.3, -0.25) is 0 Å². The smallest absolute Gasteiger partial charge is 0.160 e. The molecule has 0 aliphatic heterocycles. The van der Waals surface area contributed by atoms with Crippen LogP contribution in [0.3, 0.4) is 0 Å². The molecule has 3 rings (SSSR count). The van der Waals surface area contributed by atoms with Gasteiger partial charge in [-0.15, -0.1) is 0 Å².